The van der Waals surface area contributed by atoms with Crippen LogP contribution in [0.15, 0.2) is 29.6 Å². The molecule has 1 aromatic carbocycles. The standard InChI is InChI=1S/C21H25N5OS2/c1-13-5-4-6-26(10-13)21-25-19-18(29-21)20(23-12-22-19)28-11-17(27)24-16-8-14(2)7-15(3)9-16/h7-9,12-13H,4-6,10-11H2,1-3H3,(H,24,27)/t13-/m0/s1. The minimum absolute atomic E-state index is 0.0404. The highest BCUT2D eigenvalue weighted by Crippen LogP contribution is 2.35. The third-order valence-electron chi connectivity index (χ3n) is 4.92. The van der Waals surface area contributed by atoms with Crippen molar-refractivity contribution in [2.75, 3.05) is 29.1 Å². The lowest BCUT2D eigenvalue weighted by molar-refractivity contribution is -0.113. The topological polar surface area (TPSA) is 71.0 Å². The van der Waals surface area contributed by atoms with Crippen molar-refractivity contribution in [2.24, 2.45) is 5.92 Å². The van der Waals surface area contributed by atoms with Crippen LogP contribution in [0.5, 0.6) is 0 Å². The quantitative estimate of drug-likeness (QED) is 0.471. The van der Waals surface area contributed by atoms with E-state index >= 15 is 0 Å². The lowest BCUT2D eigenvalue weighted by atomic mass is 10.0. The van der Waals surface area contributed by atoms with Gasteiger partial charge in [0, 0.05) is 18.8 Å². The van der Waals surface area contributed by atoms with Gasteiger partial charge in [-0.3, -0.25) is 4.79 Å². The number of nitrogens with one attached hydrogen (secondary N) is 1. The van der Waals surface area contributed by atoms with Gasteiger partial charge in [-0.05, 0) is 55.9 Å². The van der Waals surface area contributed by atoms with E-state index in [1.54, 1.807) is 11.3 Å². The molecule has 2 aromatic heterocycles. The number of aryl methyl sites for hydroxylation is 2. The Bertz CT molecular complexity index is 1010. The summed E-state index contributed by atoms with van der Waals surface area (Å²) in [7, 11) is 0. The van der Waals surface area contributed by atoms with Crippen LogP contribution < -0.4 is 10.2 Å². The number of hydrogen-bond donors (Lipinski definition) is 1. The highest BCUT2D eigenvalue weighted by Gasteiger charge is 2.21. The van der Waals surface area contributed by atoms with Crippen molar-refractivity contribution in [1.29, 1.82) is 0 Å². The largest absolute Gasteiger partial charge is 0.348 e. The maximum atomic E-state index is 12.4. The predicted octanol–water partition coefficient (Wildman–Crippen LogP) is 4.67. The van der Waals surface area contributed by atoms with Crippen LogP contribution in [0.3, 0.4) is 0 Å². The molecule has 3 heterocycles. The number of anilines is 2. The summed E-state index contributed by atoms with van der Waals surface area (Å²) in [6.07, 6.45) is 4.01. The Kier molecular flexibility index (Phi) is 6.01. The molecular formula is C21H25N5OS2. The molecule has 1 aliphatic rings. The smallest absolute Gasteiger partial charge is 0.234 e. The second-order valence-electron chi connectivity index (χ2n) is 7.73. The molecule has 4 rings (SSSR count). The van der Waals surface area contributed by atoms with Crippen LogP contribution in [0, 0.1) is 19.8 Å². The molecule has 1 N–H and O–H groups in total. The zero-order chi connectivity index (χ0) is 20.4. The van der Waals surface area contributed by atoms with Gasteiger partial charge in [0.2, 0.25) is 5.91 Å². The van der Waals surface area contributed by atoms with Crippen LogP contribution >= 0.6 is 23.1 Å². The van der Waals surface area contributed by atoms with Crippen molar-refractivity contribution in [3.8, 4) is 0 Å². The molecule has 1 amide bonds. The number of hydrogen-bond acceptors (Lipinski definition) is 7. The number of benzene rings is 1. The first kappa shape index (κ1) is 20.1. The maximum Gasteiger partial charge on any atom is 0.234 e. The van der Waals surface area contributed by atoms with Gasteiger partial charge >= 0.3 is 0 Å². The first-order chi connectivity index (χ1) is 14.0. The highest BCUT2D eigenvalue weighted by atomic mass is 32.2. The molecule has 1 aliphatic heterocycles. The lowest BCUT2D eigenvalue weighted by Gasteiger charge is -2.30. The van der Waals surface area contributed by atoms with E-state index in [4.69, 9.17) is 4.98 Å². The van der Waals surface area contributed by atoms with Gasteiger partial charge in [-0.2, -0.15) is 4.98 Å². The van der Waals surface area contributed by atoms with Gasteiger partial charge in [0.15, 0.2) is 10.8 Å². The van der Waals surface area contributed by atoms with Gasteiger partial charge in [0.25, 0.3) is 0 Å². The zero-order valence-electron chi connectivity index (χ0n) is 16.9. The normalized spacial score (nSPS) is 16.9. The van der Waals surface area contributed by atoms with E-state index in [0.717, 1.165) is 50.4 Å². The molecule has 3 aromatic rings. The van der Waals surface area contributed by atoms with Crippen molar-refractivity contribution in [2.45, 2.75) is 38.6 Å². The number of rotatable bonds is 5. The van der Waals surface area contributed by atoms with Gasteiger partial charge in [0.05, 0.1) is 5.75 Å². The first-order valence-electron chi connectivity index (χ1n) is 9.85. The summed E-state index contributed by atoms with van der Waals surface area (Å²) < 4.78 is 0.963. The Morgan fingerprint density at radius 3 is 2.83 bits per heavy atom. The van der Waals surface area contributed by atoms with Crippen molar-refractivity contribution >= 4 is 50.2 Å². The van der Waals surface area contributed by atoms with Crippen LogP contribution in [0.25, 0.3) is 10.3 Å². The number of fused-ring (bicyclic) bond motifs is 1. The molecule has 0 unspecified atom stereocenters. The molecule has 0 aliphatic carbocycles. The lowest BCUT2D eigenvalue weighted by Crippen LogP contribution is -2.34. The van der Waals surface area contributed by atoms with Crippen LogP contribution in [0.1, 0.15) is 30.9 Å². The number of piperidine rings is 1. The molecule has 1 atom stereocenters. The van der Waals surface area contributed by atoms with E-state index in [0.29, 0.717) is 11.7 Å². The zero-order valence-corrected chi connectivity index (χ0v) is 18.6. The Morgan fingerprint density at radius 2 is 2.07 bits per heavy atom. The fourth-order valence-electron chi connectivity index (χ4n) is 3.70. The molecule has 0 bridgehead atoms. The van der Waals surface area contributed by atoms with E-state index < -0.39 is 0 Å². The summed E-state index contributed by atoms with van der Waals surface area (Å²) in [5, 5.41) is 4.81. The van der Waals surface area contributed by atoms with Gasteiger partial charge in [-0.25, -0.2) is 9.97 Å². The average Bonchev–Trinajstić information content (AvgIpc) is 3.10. The molecule has 0 spiro atoms. The van der Waals surface area contributed by atoms with Crippen molar-refractivity contribution in [1.82, 2.24) is 15.0 Å². The third-order valence-corrected chi connectivity index (χ3v) is 7.15. The summed E-state index contributed by atoms with van der Waals surface area (Å²) >= 11 is 3.06. The molecular weight excluding hydrogens is 402 g/mol. The van der Waals surface area contributed by atoms with Gasteiger partial charge in [-0.15, -0.1) is 0 Å². The number of amides is 1. The third kappa shape index (κ3) is 4.87. The highest BCUT2D eigenvalue weighted by molar-refractivity contribution is 8.00. The Hall–Kier alpha value is -2.19. The van der Waals surface area contributed by atoms with Crippen molar-refractivity contribution in [3.63, 3.8) is 0 Å². The van der Waals surface area contributed by atoms with Crippen LogP contribution in [-0.2, 0) is 4.79 Å². The molecule has 0 saturated carbocycles. The van der Waals surface area contributed by atoms with Gasteiger partial charge in [-0.1, -0.05) is 36.1 Å². The molecule has 0 radical (unpaired) electrons. The minimum atomic E-state index is -0.0404. The van der Waals surface area contributed by atoms with E-state index in [9.17, 15) is 4.79 Å². The molecule has 152 valence electrons. The molecule has 6 nitrogen and oxygen atoms in total. The second-order valence-corrected chi connectivity index (χ2v) is 9.68. The van der Waals surface area contributed by atoms with E-state index in [1.807, 2.05) is 26.0 Å². The average molecular weight is 428 g/mol. The Balaban J connectivity index is 1.45. The van der Waals surface area contributed by atoms with Crippen LogP contribution in [0.4, 0.5) is 10.8 Å². The Morgan fingerprint density at radius 1 is 1.28 bits per heavy atom. The number of carbonyl (C=O) groups excluding carboxylic acids is 1. The van der Waals surface area contributed by atoms with Crippen LogP contribution in [0.2, 0.25) is 0 Å². The summed E-state index contributed by atoms with van der Waals surface area (Å²) in [6, 6.07) is 6.05. The number of thiazole rings is 1. The van der Waals surface area contributed by atoms with E-state index in [1.165, 1.54) is 30.9 Å². The van der Waals surface area contributed by atoms with E-state index in [-0.39, 0.29) is 5.91 Å². The van der Waals surface area contributed by atoms with Crippen molar-refractivity contribution < 1.29 is 4.79 Å². The number of nitrogens with zero attached hydrogens (tertiary/aromatic N) is 4. The number of aromatic nitrogens is 3. The maximum absolute atomic E-state index is 12.4. The molecule has 8 heteroatoms. The van der Waals surface area contributed by atoms with Gasteiger partial charge in [0.1, 0.15) is 16.1 Å². The van der Waals surface area contributed by atoms with Crippen LogP contribution in [-0.4, -0.2) is 39.7 Å². The summed E-state index contributed by atoms with van der Waals surface area (Å²) in [4.78, 5) is 28.3. The number of thioether (sulfide) groups is 1. The molecule has 1 saturated heterocycles. The minimum Gasteiger partial charge on any atom is -0.348 e. The SMILES string of the molecule is Cc1cc(C)cc(NC(=O)CSc2ncnc3nc(N4CCC[C@H](C)C4)sc23)c1. The monoisotopic (exact) mass is 427 g/mol. The molecule has 1 fully saturated rings. The summed E-state index contributed by atoms with van der Waals surface area (Å²) in [5.41, 5.74) is 3.82. The molecule has 29 heavy (non-hydrogen) atoms. The van der Waals surface area contributed by atoms with Crippen molar-refractivity contribution in [3.05, 3.63) is 35.7 Å². The fourth-order valence-corrected chi connectivity index (χ4v) is 5.63. The summed E-state index contributed by atoms with van der Waals surface area (Å²) in [5.74, 6) is 0.943. The first-order valence-corrected chi connectivity index (χ1v) is 11.7. The van der Waals surface area contributed by atoms with E-state index in [2.05, 4.69) is 33.2 Å². The Labute approximate surface area is 179 Å². The second kappa shape index (κ2) is 8.67. The predicted molar refractivity (Wildman–Crippen MR) is 121 cm³/mol. The summed E-state index contributed by atoms with van der Waals surface area (Å²) in [6.45, 7) is 8.42. The number of carbonyl (C=O) groups is 1. The fraction of sp³-hybridized carbons (Fsp3) is 0.429. The van der Waals surface area contributed by atoms with Gasteiger partial charge < -0.3 is 10.2 Å².